The number of aromatic nitrogens is 5. The van der Waals surface area contributed by atoms with E-state index < -0.39 is 5.97 Å². The van der Waals surface area contributed by atoms with Crippen LogP contribution in [0.25, 0.3) is 11.0 Å². The number of hydrogen-bond donors (Lipinski definition) is 1. The number of aromatic carboxylic acids is 1. The fourth-order valence-corrected chi connectivity index (χ4v) is 3.63. The zero-order valence-corrected chi connectivity index (χ0v) is 15.1. The largest absolute Gasteiger partial charge is 0.476 e. The zero-order valence-electron chi connectivity index (χ0n) is 14.3. The highest BCUT2D eigenvalue weighted by Crippen LogP contribution is 2.24. The molecule has 1 aliphatic heterocycles. The highest BCUT2D eigenvalue weighted by Gasteiger charge is 2.23. The van der Waals surface area contributed by atoms with Crippen molar-refractivity contribution < 1.29 is 9.90 Å². The molecule has 4 rings (SSSR count). The first-order chi connectivity index (χ1) is 12.5. The van der Waals surface area contributed by atoms with Crippen LogP contribution in [0, 0.1) is 0 Å². The summed E-state index contributed by atoms with van der Waals surface area (Å²) in [7, 11) is 2.02. The van der Waals surface area contributed by atoms with E-state index in [2.05, 4.69) is 19.8 Å². The highest BCUT2D eigenvalue weighted by molar-refractivity contribution is 6.31. The highest BCUT2D eigenvalue weighted by atomic mass is 35.5. The van der Waals surface area contributed by atoms with E-state index in [0.717, 1.165) is 49.3 Å². The van der Waals surface area contributed by atoms with Crippen LogP contribution in [0.4, 0.5) is 0 Å². The number of hydrogen-bond acceptors (Lipinski definition) is 5. The molecule has 136 valence electrons. The van der Waals surface area contributed by atoms with Gasteiger partial charge in [-0.25, -0.2) is 14.5 Å². The van der Waals surface area contributed by atoms with Gasteiger partial charge in [0, 0.05) is 25.2 Å². The lowest BCUT2D eigenvalue weighted by Crippen LogP contribution is -2.35. The summed E-state index contributed by atoms with van der Waals surface area (Å²) in [6, 6.07) is 5.94. The molecule has 0 radical (unpaired) electrons. The summed E-state index contributed by atoms with van der Waals surface area (Å²) in [6.07, 6.45) is 3.31. The first-order valence-electron chi connectivity index (χ1n) is 8.49. The van der Waals surface area contributed by atoms with Crippen LogP contribution in [0.2, 0.25) is 5.02 Å². The van der Waals surface area contributed by atoms with E-state index in [1.165, 1.54) is 6.20 Å². The Morgan fingerprint density at radius 1 is 1.35 bits per heavy atom. The van der Waals surface area contributed by atoms with Gasteiger partial charge in [0.05, 0.1) is 29.8 Å². The summed E-state index contributed by atoms with van der Waals surface area (Å²) >= 11 is 6.06. The van der Waals surface area contributed by atoms with Crippen LogP contribution in [0.15, 0.2) is 24.4 Å². The fraction of sp³-hybridized carbons (Fsp3) is 0.412. The van der Waals surface area contributed by atoms with Crippen molar-refractivity contribution in [3.63, 3.8) is 0 Å². The molecule has 0 atom stereocenters. The molecule has 0 saturated carbocycles. The van der Waals surface area contributed by atoms with Crippen LogP contribution >= 0.6 is 11.6 Å². The van der Waals surface area contributed by atoms with Crippen molar-refractivity contribution in [3.05, 3.63) is 40.9 Å². The standard InChI is InChI=1S/C17H19ClN6O2/c1-22-15-3-2-11(18)8-13(15)19-16(22)10-23-6-4-12(5-7-23)24-9-14(17(25)26)20-21-24/h2-3,8-9,12H,4-7,10H2,1H3,(H,25,26). The van der Waals surface area contributed by atoms with E-state index in [-0.39, 0.29) is 11.7 Å². The molecule has 0 unspecified atom stereocenters. The van der Waals surface area contributed by atoms with E-state index >= 15 is 0 Å². The van der Waals surface area contributed by atoms with E-state index in [0.29, 0.717) is 5.02 Å². The molecule has 1 N–H and O–H groups in total. The molecule has 8 nitrogen and oxygen atoms in total. The van der Waals surface area contributed by atoms with E-state index in [1.54, 1.807) is 4.68 Å². The van der Waals surface area contributed by atoms with Crippen molar-refractivity contribution in [1.82, 2.24) is 29.4 Å². The van der Waals surface area contributed by atoms with Gasteiger partial charge in [0.2, 0.25) is 0 Å². The molecule has 0 bridgehead atoms. The molecule has 3 heterocycles. The second kappa shape index (κ2) is 6.69. The maximum absolute atomic E-state index is 10.9. The van der Waals surface area contributed by atoms with Crippen LogP contribution < -0.4 is 0 Å². The monoisotopic (exact) mass is 374 g/mol. The van der Waals surface area contributed by atoms with Crippen LogP contribution in [0.1, 0.15) is 35.2 Å². The fourth-order valence-electron chi connectivity index (χ4n) is 3.46. The average Bonchev–Trinajstić information content (AvgIpc) is 3.22. The van der Waals surface area contributed by atoms with Gasteiger partial charge in [-0.2, -0.15) is 0 Å². The summed E-state index contributed by atoms with van der Waals surface area (Å²) < 4.78 is 3.78. The molecule has 3 aromatic rings. The number of aryl methyl sites for hydroxylation is 1. The van der Waals surface area contributed by atoms with Gasteiger partial charge in [-0.3, -0.25) is 4.90 Å². The molecule has 1 aromatic carbocycles. The zero-order chi connectivity index (χ0) is 18.3. The SMILES string of the molecule is Cn1c(CN2CCC(n3cc(C(=O)O)nn3)CC2)nc2cc(Cl)ccc21. The molecule has 0 amide bonds. The van der Waals surface area contributed by atoms with Crippen molar-refractivity contribution in [2.45, 2.75) is 25.4 Å². The lowest BCUT2D eigenvalue weighted by Gasteiger charge is -2.31. The average molecular weight is 375 g/mol. The van der Waals surface area contributed by atoms with Crippen LogP contribution in [0.3, 0.4) is 0 Å². The van der Waals surface area contributed by atoms with Crippen molar-refractivity contribution >= 4 is 28.6 Å². The van der Waals surface area contributed by atoms with Crippen molar-refractivity contribution in [2.24, 2.45) is 7.05 Å². The number of halogens is 1. The lowest BCUT2D eigenvalue weighted by molar-refractivity contribution is 0.0690. The summed E-state index contributed by atoms with van der Waals surface area (Å²) in [4.78, 5) is 18.0. The second-order valence-electron chi connectivity index (χ2n) is 6.62. The number of benzene rings is 1. The van der Waals surface area contributed by atoms with Crippen LogP contribution in [0.5, 0.6) is 0 Å². The first-order valence-corrected chi connectivity index (χ1v) is 8.87. The van der Waals surface area contributed by atoms with Gasteiger partial charge in [-0.05, 0) is 31.0 Å². The maximum Gasteiger partial charge on any atom is 0.358 e. The van der Waals surface area contributed by atoms with Gasteiger partial charge >= 0.3 is 5.97 Å². The summed E-state index contributed by atoms with van der Waals surface area (Å²) in [6.45, 7) is 2.57. The van der Waals surface area contributed by atoms with Crippen LogP contribution in [-0.2, 0) is 13.6 Å². The number of imidazole rings is 1. The van der Waals surface area contributed by atoms with Gasteiger partial charge in [0.25, 0.3) is 0 Å². The molecule has 0 spiro atoms. The Labute approximate surface area is 155 Å². The Hall–Kier alpha value is -2.45. The maximum atomic E-state index is 10.9. The minimum absolute atomic E-state index is 0.00853. The van der Waals surface area contributed by atoms with Crippen molar-refractivity contribution in [2.75, 3.05) is 13.1 Å². The third-order valence-corrected chi connectivity index (χ3v) is 5.20. The van der Waals surface area contributed by atoms with E-state index in [9.17, 15) is 4.79 Å². The molecule has 9 heteroatoms. The summed E-state index contributed by atoms with van der Waals surface area (Å²) in [5, 5.41) is 17.3. The molecular formula is C17H19ClN6O2. The molecule has 2 aromatic heterocycles. The van der Waals surface area contributed by atoms with Gasteiger partial charge < -0.3 is 9.67 Å². The molecular weight excluding hydrogens is 356 g/mol. The predicted octanol–water partition coefficient (Wildman–Crippen LogP) is 2.35. The summed E-state index contributed by atoms with van der Waals surface area (Å²) in [5.41, 5.74) is 1.97. The normalized spacial score (nSPS) is 16.4. The number of likely N-dealkylation sites (tertiary alicyclic amines) is 1. The number of carboxylic acids is 1. The molecule has 1 aliphatic rings. The van der Waals surface area contributed by atoms with Gasteiger partial charge in [-0.15, -0.1) is 5.10 Å². The Balaban J connectivity index is 1.42. The third kappa shape index (κ3) is 3.17. The Morgan fingerprint density at radius 3 is 2.81 bits per heavy atom. The smallest absolute Gasteiger partial charge is 0.358 e. The van der Waals surface area contributed by atoms with Gasteiger partial charge in [0.1, 0.15) is 5.82 Å². The van der Waals surface area contributed by atoms with E-state index in [1.807, 2.05) is 25.2 Å². The first kappa shape index (κ1) is 17.0. The minimum Gasteiger partial charge on any atom is -0.476 e. The topological polar surface area (TPSA) is 89.1 Å². The van der Waals surface area contributed by atoms with E-state index in [4.69, 9.17) is 21.7 Å². The van der Waals surface area contributed by atoms with Gasteiger partial charge in [-0.1, -0.05) is 16.8 Å². The lowest BCUT2D eigenvalue weighted by atomic mass is 10.1. The third-order valence-electron chi connectivity index (χ3n) is 4.96. The Morgan fingerprint density at radius 2 is 2.12 bits per heavy atom. The minimum atomic E-state index is -1.05. The number of piperidine rings is 1. The Kier molecular flexibility index (Phi) is 4.37. The van der Waals surface area contributed by atoms with Crippen LogP contribution in [-0.4, -0.2) is 53.6 Å². The van der Waals surface area contributed by atoms with Gasteiger partial charge in [0.15, 0.2) is 5.69 Å². The number of fused-ring (bicyclic) bond motifs is 1. The Bertz CT molecular complexity index is 957. The van der Waals surface area contributed by atoms with Crippen molar-refractivity contribution in [1.29, 1.82) is 0 Å². The summed E-state index contributed by atoms with van der Waals surface area (Å²) in [5.74, 6) is -0.0368. The molecule has 1 fully saturated rings. The number of carboxylic acid groups (broad SMARTS) is 1. The quantitative estimate of drug-likeness (QED) is 0.754. The molecule has 1 saturated heterocycles. The predicted molar refractivity (Wildman–Crippen MR) is 96.3 cm³/mol. The number of rotatable bonds is 4. The number of nitrogens with zero attached hydrogens (tertiary/aromatic N) is 6. The van der Waals surface area contributed by atoms with Crippen molar-refractivity contribution in [3.8, 4) is 0 Å². The molecule has 0 aliphatic carbocycles. The number of carbonyl (C=O) groups is 1. The second-order valence-corrected chi connectivity index (χ2v) is 7.05. The molecule has 26 heavy (non-hydrogen) atoms.